The number of ether oxygens (including phenoxy) is 1. The molecular formula is C29H38N6O2S. The molecule has 0 bridgehead atoms. The van der Waals surface area contributed by atoms with Gasteiger partial charge in [-0.2, -0.15) is 0 Å². The molecule has 3 aromatic rings. The number of aromatic nitrogens is 2. The number of nitrogens with zero attached hydrogens (tertiary/aromatic N) is 5. The minimum atomic E-state index is -0.0683. The van der Waals surface area contributed by atoms with Crippen molar-refractivity contribution in [1.82, 2.24) is 19.8 Å². The van der Waals surface area contributed by atoms with Crippen LogP contribution in [0.4, 0.5) is 16.3 Å². The number of hydrogen-bond donors (Lipinski definition) is 1. The van der Waals surface area contributed by atoms with Crippen LogP contribution in [0.2, 0.25) is 0 Å². The lowest BCUT2D eigenvalue weighted by atomic mass is 9.88. The first kappa shape index (κ1) is 25.4. The smallest absolute Gasteiger partial charge is 0.321 e. The number of anilines is 2. The van der Waals surface area contributed by atoms with Crippen molar-refractivity contribution in [2.24, 2.45) is 0 Å². The molecule has 3 aliphatic rings. The molecule has 2 aromatic heterocycles. The Morgan fingerprint density at radius 1 is 1.11 bits per heavy atom. The summed E-state index contributed by atoms with van der Waals surface area (Å²) in [6.07, 6.45) is 7.32. The van der Waals surface area contributed by atoms with Crippen LogP contribution < -0.4 is 15.0 Å². The molecule has 38 heavy (non-hydrogen) atoms. The molecule has 4 heterocycles. The number of carbonyl (C=O) groups is 1. The molecule has 0 atom stereocenters. The Morgan fingerprint density at radius 2 is 1.92 bits per heavy atom. The number of nitrogens with one attached hydrogen (secondary N) is 1. The van der Waals surface area contributed by atoms with Crippen molar-refractivity contribution < 1.29 is 9.53 Å². The summed E-state index contributed by atoms with van der Waals surface area (Å²) in [5.74, 6) is 3.34. The molecular weight excluding hydrogens is 496 g/mol. The van der Waals surface area contributed by atoms with E-state index >= 15 is 0 Å². The molecule has 6 rings (SSSR count). The number of fused-ring (bicyclic) bond motifs is 3. The summed E-state index contributed by atoms with van der Waals surface area (Å²) < 4.78 is 5.29. The van der Waals surface area contributed by atoms with Gasteiger partial charge in [0.1, 0.15) is 22.2 Å². The number of benzene rings is 1. The van der Waals surface area contributed by atoms with Crippen molar-refractivity contribution in [1.29, 1.82) is 0 Å². The highest BCUT2D eigenvalue weighted by Crippen LogP contribution is 2.41. The third-order valence-corrected chi connectivity index (χ3v) is 9.49. The van der Waals surface area contributed by atoms with Gasteiger partial charge in [-0.1, -0.05) is 32.3 Å². The van der Waals surface area contributed by atoms with Crippen LogP contribution in [0.25, 0.3) is 10.2 Å². The molecule has 202 valence electrons. The molecule has 1 N–H and O–H groups in total. The first-order chi connectivity index (χ1) is 18.6. The third-order valence-electron chi connectivity index (χ3n) is 8.38. The standard InChI is InChI=1S/C29H38N6O2S/c1-3-33-13-12-23-24(19-33)38-28-25(23)27(31-26(32-28)20-8-5-4-6-9-20)34-14-16-35(17-15-34)29(36)30-21-10-7-11-22(18-21)37-2/h7,10-11,18,20H,3-6,8-9,12-17,19H2,1-2H3,(H,30,36). The molecule has 1 aromatic carbocycles. The number of carbonyl (C=O) groups excluding carboxylic acids is 1. The van der Waals surface area contributed by atoms with E-state index in [9.17, 15) is 4.79 Å². The van der Waals surface area contributed by atoms with Crippen molar-refractivity contribution in [3.05, 3.63) is 40.5 Å². The summed E-state index contributed by atoms with van der Waals surface area (Å²) in [5.41, 5.74) is 2.20. The highest BCUT2D eigenvalue weighted by atomic mass is 32.1. The van der Waals surface area contributed by atoms with Gasteiger partial charge in [0.15, 0.2) is 0 Å². The maximum atomic E-state index is 13.0. The number of piperazine rings is 1. The monoisotopic (exact) mass is 534 g/mol. The number of hydrogen-bond acceptors (Lipinski definition) is 7. The van der Waals surface area contributed by atoms with Gasteiger partial charge in [-0.3, -0.25) is 4.90 Å². The second-order valence-corrected chi connectivity index (χ2v) is 11.8. The topological polar surface area (TPSA) is 73.8 Å². The first-order valence-electron chi connectivity index (χ1n) is 14.1. The van der Waals surface area contributed by atoms with E-state index in [1.165, 1.54) is 47.9 Å². The van der Waals surface area contributed by atoms with E-state index < -0.39 is 0 Å². The van der Waals surface area contributed by atoms with E-state index in [1.54, 1.807) is 7.11 Å². The van der Waals surface area contributed by atoms with Crippen molar-refractivity contribution >= 4 is 39.1 Å². The van der Waals surface area contributed by atoms with Gasteiger partial charge in [-0.25, -0.2) is 14.8 Å². The van der Waals surface area contributed by atoms with Crippen LogP contribution in [0.1, 0.15) is 61.2 Å². The van der Waals surface area contributed by atoms with Crippen molar-refractivity contribution in [3.8, 4) is 5.75 Å². The Hall–Kier alpha value is -2.91. The number of methoxy groups -OCH3 is 1. The van der Waals surface area contributed by atoms with Gasteiger partial charge in [0.05, 0.1) is 12.5 Å². The average molecular weight is 535 g/mol. The summed E-state index contributed by atoms with van der Waals surface area (Å²) in [6, 6.07) is 7.43. The zero-order chi connectivity index (χ0) is 26.1. The van der Waals surface area contributed by atoms with Gasteiger partial charge in [0, 0.05) is 61.8 Å². The summed E-state index contributed by atoms with van der Waals surface area (Å²) in [5, 5.41) is 4.30. The number of likely N-dealkylation sites (N-methyl/N-ethyl adjacent to an activating group) is 1. The molecule has 2 aliphatic heterocycles. The quantitative estimate of drug-likeness (QED) is 0.467. The van der Waals surface area contributed by atoms with Gasteiger partial charge in [-0.05, 0) is 43.5 Å². The Bertz CT molecular complexity index is 1300. The summed E-state index contributed by atoms with van der Waals surface area (Å²) in [7, 11) is 1.63. The molecule has 1 aliphatic carbocycles. The van der Waals surface area contributed by atoms with Gasteiger partial charge in [0.2, 0.25) is 0 Å². The summed E-state index contributed by atoms with van der Waals surface area (Å²) in [4.78, 5) is 33.0. The van der Waals surface area contributed by atoms with Gasteiger partial charge in [-0.15, -0.1) is 11.3 Å². The largest absolute Gasteiger partial charge is 0.497 e. The fraction of sp³-hybridized carbons (Fsp3) is 0.552. The predicted molar refractivity (Wildman–Crippen MR) is 154 cm³/mol. The molecule has 0 spiro atoms. The predicted octanol–water partition coefficient (Wildman–Crippen LogP) is 5.48. The molecule has 2 amide bonds. The normalized spacial score (nSPS) is 19.0. The lowest BCUT2D eigenvalue weighted by Gasteiger charge is -2.36. The minimum absolute atomic E-state index is 0.0683. The molecule has 1 saturated carbocycles. The van der Waals surface area contributed by atoms with E-state index in [0.29, 0.717) is 19.0 Å². The lowest BCUT2D eigenvalue weighted by Crippen LogP contribution is -2.50. The molecule has 9 heteroatoms. The molecule has 0 radical (unpaired) electrons. The van der Waals surface area contributed by atoms with Crippen LogP contribution in [-0.2, 0) is 13.0 Å². The number of urea groups is 1. The van der Waals surface area contributed by atoms with E-state index in [1.807, 2.05) is 40.5 Å². The Kier molecular flexibility index (Phi) is 7.39. The van der Waals surface area contributed by atoms with Crippen LogP contribution >= 0.6 is 11.3 Å². The molecule has 1 saturated heterocycles. The Labute approximate surface area is 229 Å². The highest BCUT2D eigenvalue weighted by Gasteiger charge is 2.30. The number of rotatable bonds is 5. The number of amides is 2. The maximum absolute atomic E-state index is 13.0. The fourth-order valence-electron chi connectivity index (χ4n) is 6.11. The van der Waals surface area contributed by atoms with Crippen LogP contribution in [0.15, 0.2) is 24.3 Å². The second-order valence-electron chi connectivity index (χ2n) is 10.7. The van der Waals surface area contributed by atoms with Crippen molar-refractivity contribution in [3.63, 3.8) is 0 Å². The zero-order valence-corrected chi connectivity index (χ0v) is 23.4. The lowest BCUT2D eigenvalue weighted by molar-refractivity contribution is 0.208. The van der Waals surface area contributed by atoms with E-state index in [-0.39, 0.29) is 6.03 Å². The van der Waals surface area contributed by atoms with Crippen molar-refractivity contribution in [2.75, 3.05) is 56.6 Å². The maximum Gasteiger partial charge on any atom is 0.321 e. The van der Waals surface area contributed by atoms with Crippen LogP contribution in [0.3, 0.4) is 0 Å². The van der Waals surface area contributed by atoms with E-state index in [2.05, 4.69) is 22.0 Å². The fourth-order valence-corrected chi connectivity index (χ4v) is 7.38. The van der Waals surface area contributed by atoms with Crippen LogP contribution in [0, 0.1) is 0 Å². The Balaban J connectivity index is 1.24. The highest BCUT2D eigenvalue weighted by molar-refractivity contribution is 7.19. The second kappa shape index (κ2) is 11.1. The summed E-state index contributed by atoms with van der Waals surface area (Å²) in [6.45, 7) is 8.31. The molecule has 8 nitrogen and oxygen atoms in total. The van der Waals surface area contributed by atoms with Gasteiger partial charge < -0.3 is 19.9 Å². The molecule has 0 unspecified atom stereocenters. The molecule has 2 fully saturated rings. The minimum Gasteiger partial charge on any atom is -0.497 e. The average Bonchev–Trinajstić information content (AvgIpc) is 3.35. The van der Waals surface area contributed by atoms with Crippen molar-refractivity contribution in [2.45, 2.75) is 57.9 Å². The number of thiophene rings is 1. The first-order valence-corrected chi connectivity index (χ1v) is 14.9. The van der Waals surface area contributed by atoms with Gasteiger partial charge in [0.25, 0.3) is 0 Å². The Morgan fingerprint density at radius 3 is 2.68 bits per heavy atom. The third kappa shape index (κ3) is 5.06. The van der Waals surface area contributed by atoms with Crippen LogP contribution in [0.5, 0.6) is 5.75 Å². The van der Waals surface area contributed by atoms with Gasteiger partial charge >= 0.3 is 6.03 Å². The van der Waals surface area contributed by atoms with E-state index in [4.69, 9.17) is 14.7 Å². The van der Waals surface area contributed by atoms with Crippen LogP contribution in [-0.4, -0.2) is 72.2 Å². The summed E-state index contributed by atoms with van der Waals surface area (Å²) >= 11 is 1.88. The SMILES string of the molecule is CCN1CCc2c(sc3nc(C4CCCCC4)nc(N4CCN(C(=O)Nc5cccc(OC)c5)CC4)c23)C1. The zero-order valence-electron chi connectivity index (χ0n) is 22.5. The van der Waals surface area contributed by atoms with E-state index in [0.717, 1.165) is 67.1 Å².